The Morgan fingerprint density at radius 1 is 0.353 bits per heavy atom. The van der Waals surface area contributed by atoms with Crippen LogP contribution in [0.3, 0.4) is 0 Å². The number of allylic oxidation sites excluding steroid dienone is 6. The van der Waals surface area contributed by atoms with Crippen molar-refractivity contribution in [2.24, 2.45) is 0 Å². The average Bonchev–Trinajstić information content (AvgIpc) is 3.84. The summed E-state index contributed by atoms with van der Waals surface area (Å²) in [5, 5.41) is 66.5. The number of nitriles is 7. The molecule has 0 aliphatic heterocycles. The second-order valence-electron chi connectivity index (χ2n) is 9.52. The van der Waals surface area contributed by atoms with Crippen molar-refractivity contribution in [1.82, 2.24) is 0 Å². The van der Waals surface area contributed by atoms with Gasteiger partial charge in [-0.05, 0) is 0 Å². The summed E-state index contributed by atoms with van der Waals surface area (Å²) in [6, 6.07) is 7.67. The highest BCUT2D eigenvalue weighted by Gasteiger charge is 2.45. The lowest BCUT2D eigenvalue weighted by atomic mass is 9.95. The van der Waals surface area contributed by atoms with Crippen LogP contribution in [-0.2, 0) is 0 Å². The van der Waals surface area contributed by atoms with Gasteiger partial charge in [0.25, 0.3) is 0 Å². The van der Waals surface area contributed by atoms with E-state index in [0.29, 0.717) is 0 Å². The van der Waals surface area contributed by atoms with Gasteiger partial charge in [0.2, 0.25) is 0 Å². The van der Waals surface area contributed by atoms with Crippen LogP contribution in [0.5, 0.6) is 0 Å². The van der Waals surface area contributed by atoms with Crippen molar-refractivity contribution in [3.05, 3.63) is 119 Å². The first-order valence-electron chi connectivity index (χ1n) is 12.8. The molecular formula is C35H2F9N7. The van der Waals surface area contributed by atoms with E-state index in [4.69, 9.17) is 23.4 Å². The monoisotopic (exact) mass is 691 g/mol. The van der Waals surface area contributed by atoms with Crippen LogP contribution in [0.25, 0.3) is 16.7 Å². The van der Waals surface area contributed by atoms with Crippen LogP contribution in [0.4, 0.5) is 39.5 Å². The number of hydrogen-bond acceptors (Lipinski definition) is 7. The summed E-state index contributed by atoms with van der Waals surface area (Å²) in [6.45, 7) is 0. The summed E-state index contributed by atoms with van der Waals surface area (Å²) in [6.07, 6.45) is 10.5. The molecular weight excluding hydrogens is 689 g/mol. The maximum absolute atomic E-state index is 15.7. The van der Waals surface area contributed by atoms with Crippen LogP contribution in [0.2, 0.25) is 0 Å². The van der Waals surface area contributed by atoms with E-state index in [1.165, 1.54) is 12.0 Å². The minimum absolute atomic E-state index is 1.02. The van der Waals surface area contributed by atoms with Crippen LogP contribution >= 0.6 is 0 Å². The van der Waals surface area contributed by atoms with Crippen LogP contribution < -0.4 is 0 Å². The third kappa shape index (κ3) is 4.94. The summed E-state index contributed by atoms with van der Waals surface area (Å²) >= 11 is 0. The van der Waals surface area contributed by atoms with Gasteiger partial charge in [0.15, 0.2) is 52.4 Å². The lowest BCUT2D eigenvalue weighted by Gasteiger charge is -2.09. The van der Waals surface area contributed by atoms with Crippen molar-refractivity contribution < 1.29 is 39.5 Å². The number of rotatable bonds is 3. The van der Waals surface area contributed by atoms with Gasteiger partial charge in [-0.1, -0.05) is 11.8 Å². The van der Waals surface area contributed by atoms with Gasteiger partial charge in [-0.3, -0.25) is 0 Å². The molecule has 7 nitrogen and oxygen atoms in total. The topological polar surface area (TPSA) is 167 Å². The summed E-state index contributed by atoms with van der Waals surface area (Å²) in [4.78, 5) is 0. The maximum atomic E-state index is 15.7. The number of nitrogens with zero attached hydrogens (tertiary/aromatic N) is 7. The fraction of sp³-hybridized carbons (Fsp3) is 0. The van der Waals surface area contributed by atoms with Crippen LogP contribution in [0, 0.1) is 156 Å². The Labute approximate surface area is 279 Å². The summed E-state index contributed by atoms with van der Waals surface area (Å²) in [5.41, 5.74) is -21.7. The Hall–Kier alpha value is -8.20. The number of hydrogen-bond donors (Lipinski definition) is 0. The molecule has 16 heteroatoms. The number of halogens is 9. The fourth-order valence-corrected chi connectivity index (χ4v) is 4.98. The molecule has 3 aromatic rings. The van der Waals surface area contributed by atoms with Gasteiger partial charge in [0.1, 0.15) is 70.3 Å². The molecule has 0 radical (unpaired) electrons. The molecule has 0 bridgehead atoms. The van der Waals surface area contributed by atoms with Gasteiger partial charge < -0.3 is 0 Å². The molecule has 0 saturated heterocycles. The van der Waals surface area contributed by atoms with E-state index in [1.54, 1.807) is 5.92 Å². The second kappa shape index (κ2) is 13.1. The zero-order chi connectivity index (χ0) is 38.2. The second-order valence-corrected chi connectivity index (χ2v) is 9.52. The Bertz CT molecular complexity index is 2420. The third-order valence-corrected chi connectivity index (χ3v) is 7.22. The lowest BCUT2D eigenvalue weighted by Crippen LogP contribution is -2.06. The highest BCUT2D eigenvalue weighted by Crippen LogP contribution is 2.57. The van der Waals surface area contributed by atoms with Crippen molar-refractivity contribution in [3.8, 4) is 67.2 Å². The molecule has 0 heterocycles. The van der Waals surface area contributed by atoms with Crippen molar-refractivity contribution in [3.63, 3.8) is 0 Å². The number of terminal acetylenes is 2. The van der Waals surface area contributed by atoms with Gasteiger partial charge in [0, 0.05) is 22.3 Å². The van der Waals surface area contributed by atoms with Crippen molar-refractivity contribution >= 4 is 16.7 Å². The van der Waals surface area contributed by atoms with Crippen molar-refractivity contribution in [1.29, 1.82) is 36.8 Å². The largest absolute Gasteiger partial charge is 0.205 e. The predicted octanol–water partition coefficient (Wildman–Crippen LogP) is 6.63. The molecule has 0 spiro atoms. The van der Waals surface area contributed by atoms with E-state index >= 15 is 26.3 Å². The molecule has 4 rings (SSSR count). The molecule has 0 atom stereocenters. The molecule has 240 valence electrons. The molecule has 0 N–H and O–H groups in total. The third-order valence-electron chi connectivity index (χ3n) is 7.22. The first-order chi connectivity index (χ1) is 24.2. The van der Waals surface area contributed by atoms with Gasteiger partial charge in [-0.15, -0.1) is 12.8 Å². The standard InChI is InChI=1S/C35H2F9N7/c1-3-12-14(5-45)27(36)25(34(43)30(12)39)19(10-50)22-21(13(4-2)24-28(37)15(6-46)17(8-48)31(40)33(24)42)23(22)20(11-51)26-29(38)16(7-47)18(9-49)32(41)35(26)44/h1-2H. The molecule has 0 amide bonds. The summed E-state index contributed by atoms with van der Waals surface area (Å²) < 4.78 is 138. The van der Waals surface area contributed by atoms with E-state index in [1.807, 2.05) is 0 Å². The normalized spacial score (nSPS) is 14.1. The average molecular weight is 691 g/mol. The van der Waals surface area contributed by atoms with Crippen LogP contribution in [0.15, 0.2) is 16.7 Å². The predicted molar refractivity (Wildman–Crippen MR) is 151 cm³/mol. The quantitative estimate of drug-likeness (QED) is 0.129. The van der Waals surface area contributed by atoms with Crippen molar-refractivity contribution in [2.45, 2.75) is 0 Å². The molecule has 51 heavy (non-hydrogen) atoms. The smallest absolute Gasteiger partial charge is 0.178 e. The lowest BCUT2D eigenvalue weighted by molar-refractivity contribution is 0.488. The fourth-order valence-electron chi connectivity index (χ4n) is 4.98. The molecule has 1 aliphatic carbocycles. The van der Waals surface area contributed by atoms with E-state index in [2.05, 4.69) is 0 Å². The maximum Gasteiger partial charge on any atom is 0.178 e. The molecule has 3 aromatic carbocycles. The van der Waals surface area contributed by atoms with E-state index in [0.717, 1.165) is 36.4 Å². The minimum atomic E-state index is -2.35. The number of benzene rings is 3. The summed E-state index contributed by atoms with van der Waals surface area (Å²) in [7, 11) is 0. The molecule has 1 aliphatic rings. The Morgan fingerprint density at radius 2 is 0.608 bits per heavy atom. The van der Waals surface area contributed by atoms with Gasteiger partial charge in [-0.25, -0.2) is 39.5 Å². The van der Waals surface area contributed by atoms with E-state index < -0.39 is 136 Å². The zero-order valence-electron chi connectivity index (χ0n) is 24.2. The minimum Gasteiger partial charge on any atom is -0.205 e. The molecule has 1 saturated carbocycles. The Balaban J connectivity index is 2.43. The van der Waals surface area contributed by atoms with Crippen LogP contribution in [0.1, 0.15) is 50.1 Å². The van der Waals surface area contributed by atoms with Crippen molar-refractivity contribution in [2.75, 3.05) is 0 Å². The summed E-state index contributed by atoms with van der Waals surface area (Å²) in [5.74, 6) is -16.5. The van der Waals surface area contributed by atoms with E-state index in [-0.39, 0.29) is 0 Å². The van der Waals surface area contributed by atoms with Gasteiger partial charge >= 0.3 is 0 Å². The highest BCUT2D eigenvalue weighted by atomic mass is 19.2. The highest BCUT2D eigenvalue weighted by molar-refractivity contribution is 6.12. The molecule has 0 unspecified atom stereocenters. The zero-order valence-corrected chi connectivity index (χ0v) is 24.2. The Morgan fingerprint density at radius 3 is 0.882 bits per heavy atom. The first kappa shape index (κ1) is 35.7. The van der Waals surface area contributed by atoms with Gasteiger partial charge in [0.05, 0.1) is 33.4 Å². The molecule has 1 fully saturated rings. The first-order valence-corrected chi connectivity index (χ1v) is 12.8. The Kier molecular flexibility index (Phi) is 9.18. The van der Waals surface area contributed by atoms with E-state index in [9.17, 15) is 39.5 Å². The van der Waals surface area contributed by atoms with Gasteiger partial charge in [-0.2, -0.15) is 36.8 Å². The SMILES string of the molecule is C#CC(=C1C(=C(C#N)c2c(F)c(F)c(C#C)c(C#N)c2F)C1=C(C#N)c1c(F)c(F)c(C#N)c(C#N)c1F)c1c(F)c(F)c(C#N)c(C#N)c1F. The van der Waals surface area contributed by atoms with Crippen LogP contribution in [-0.4, -0.2) is 0 Å². The molecule has 0 aromatic heterocycles.